The predicted octanol–water partition coefficient (Wildman–Crippen LogP) is 3.19. The highest BCUT2D eigenvalue weighted by atomic mass is 79.9. The lowest BCUT2D eigenvalue weighted by atomic mass is 10.2. The molecule has 1 aromatic heterocycles. The molecule has 0 aliphatic rings. The Morgan fingerprint density at radius 1 is 1.44 bits per heavy atom. The molecule has 0 unspecified atom stereocenters. The van der Waals surface area contributed by atoms with Gasteiger partial charge in [0, 0.05) is 16.6 Å². The van der Waals surface area contributed by atoms with Crippen LogP contribution in [-0.4, -0.2) is 18.5 Å². The van der Waals surface area contributed by atoms with E-state index in [1.165, 1.54) is 7.11 Å². The van der Waals surface area contributed by atoms with Crippen molar-refractivity contribution in [1.29, 1.82) is 0 Å². The van der Waals surface area contributed by atoms with E-state index in [-0.39, 0.29) is 5.75 Å². The first-order valence-electron chi connectivity index (χ1n) is 4.23. The van der Waals surface area contributed by atoms with Crippen LogP contribution in [0.25, 0.3) is 0 Å². The second kappa shape index (κ2) is 4.90. The summed E-state index contributed by atoms with van der Waals surface area (Å²) in [7, 11) is 1.28. The zero-order valence-corrected chi connectivity index (χ0v) is 10.1. The van der Waals surface area contributed by atoms with Crippen LogP contribution < -0.4 is 9.47 Å². The van der Waals surface area contributed by atoms with E-state index in [1.54, 1.807) is 6.92 Å². The van der Waals surface area contributed by atoms with Crippen molar-refractivity contribution in [2.24, 2.45) is 0 Å². The van der Waals surface area contributed by atoms with Gasteiger partial charge in [0.05, 0.1) is 13.3 Å². The molecule has 0 aliphatic carbocycles. The zero-order valence-electron chi connectivity index (χ0n) is 8.56. The molecule has 0 fully saturated rings. The molecule has 16 heavy (non-hydrogen) atoms. The first-order valence-corrected chi connectivity index (χ1v) is 5.35. The maximum Gasteiger partial charge on any atom is 0.573 e. The van der Waals surface area contributed by atoms with E-state index in [2.05, 4.69) is 25.7 Å². The van der Waals surface area contributed by atoms with Gasteiger partial charge in [0.2, 0.25) is 0 Å². The molecule has 0 aliphatic heterocycles. The van der Waals surface area contributed by atoms with Gasteiger partial charge in [0.1, 0.15) is 0 Å². The van der Waals surface area contributed by atoms with Gasteiger partial charge in [-0.2, -0.15) is 0 Å². The molecule has 0 aromatic carbocycles. The number of aromatic nitrogens is 1. The number of pyridine rings is 1. The van der Waals surface area contributed by atoms with Crippen LogP contribution in [0.2, 0.25) is 0 Å². The van der Waals surface area contributed by atoms with E-state index in [0.29, 0.717) is 16.6 Å². The molecule has 1 heterocycles. The molecule has 0 amide bonds. The number of nitrogens with zero attached hydrogens (tertiary/aromatic N) is 1. The summed E-state index contributed by atoms with van der Waals surface area (Å²) < 4.78 is 44.9. The smallest absolute Gasteiger partial charge is 0.492 e. The van der Waals surface area contributed by atoms with Crippen LogP contribution in [0, 0.1) is 6.92 Å². The molecule has 90 valence electrons. The Morgan fingerprint density at radius 3 is 2.50 bits per heavy atom. The summed E-state index contributed by atoms with van der Waals surface area (Å²) >= 11 is 3.16. The van der Waals surface area contributed by atoms with Crippen LogP contribution in [0.15, 0.2) is 6.20 Å². The molecular formula is C9H9BrF3NO2. The highest BCUT2D eigenvalue weighted by Crippen LogP contribution is 2.36. The molecule has 0 bridgehead atoms. The molecule has 1 rings (SSSR count). The standard InChI is InChI=1S/C9H9BrF3NO2/c1-5-6(3-10)8(15-2)7(4-14-5)16-9(11,12)13/h4H,3H2,1-2H3. The van der Waals surface area contributed by atoms with Crippen molar-refractivity contribution in [2.45, 2.75) is 18.6 Å². The highest BCUT2D eigenvalue weighted by molar-refractivity contribution is 9.08. The fourth-order valence-electron chi connectivity index (χ4n) is 1.18. The Hall–Kier alpha value is -0.980. The van der Waals surface area contributed by atoms with Gasteiger partial charge in [-0.3, -0.25) is 4.98 Å². The number of aryl methyl sites for hydroxylation is 1. The quantitative estimate of drug-likeness (QED) is 0.803. The molecule has 0 saturated carbocycles. The summed E-state index contributed by atoms with van der Waals surface area (Å²) in [5.74, 6) is -0.392. The molecule has 0 spiro atoms. The SMILES string of the molecule is COc1c(OC(F)(F)F)cnc(C)c1CBr. The lowest BCUT2D eigenvalue weighted by Crippen LogP contribution is -2.18. The van der Waals surface area contributed by atoms with Gasteiger partial charge in [0.25, 0.3) is 0 Å². The summed E-state index contributed by atoms with van der Waals surface area (Å²) in [5.41, 5.74) is 1.12. The minimum atomic E-state index is -4.76. The van der Waals surface area contributed by atoms with Crippen molar-refractivity contribution in [3.63, 3.8) is 0 Å². The summed E-state index contributed by atoms with van der Waals surface area (Å²) in [4.78, 5) is 3.81. The third-order valence-corrected chi connectivity index (χ3v) is 2.43. The summed E-state index contributed by atoms with van der Waals surface area (Å²) in [6.07, 6.45) is -3.76. The van der Waals surface area contributed by atoms with Gasteiger partial charge in [-0.1, -0.05) is 15.9 Å². The Labute approximate surface area is 98.7 Å². The van der Waals surface area contributed by atoms with Crippen LogP contribution in [-0.2, 0) is 5.33 Å². The lowest BCUT2D eigenvalue weighted by molar-refractivity contribution is -0.275. The molecule has 0 radical (unpaired) electrons. The normalized spacial score (nSPS) is 11.4. The van der Waals surface area contributed by atoms with Crippen LogP contribution in [0.1, 0.15) is 11.3 Å². The number of alkyl halides is 4. The van der Waals surface area contributed by atoms with Crippen LogP contribution in [0.3, 0.4) is 0 Å². The number of ether oxygens (including phenoxy) is 2. The molecule has 0 N–H and O–H groups in total. The largest absolute Gasteiger partial charge is 0.573 e. The van der Waals surface area contributed by atoms with Crippen molar-refractivity contribution in [3.8, 4) is 11.5 Å². The fourth-order valence-corrected chi connectivity index (χ4v) is 1.84. The highest BCUT2D eigenvalue weighted by Gasteiger charge is 2.33. The molecule has 7 heteroatoms. The van der Waals surface area contributed by atoms with Gasteiger partial charge >= 0.3 is 6.36 Å². The third-order valence-electron chi connectivity index (χ3n) is 1.87. The van der Waals surface area contributed by atoms with Gasteiger partial charge in [-0.25, -0.2) is 0 Å². The average molecular weight is 300 g/mol. The molecule has 0 atom stereocenters. The number of methoxy groups -OCH3 is 1. The average Bonchev–Trinajstić information content (AvgIpc) is 2.18. The number of halogens is 4. The summed E-state index contributed by atoms with van der Waals surface area (Å²) in [6, 6.07) is 0. The topological polar surface area (TPSA) is 31.4 Å². The molecule has 1 aromatic rings. The van der Waals surface area contributed by atoms with Gasteiger partial charge < -0.3 is 9.47 Å². The van der Waals surface area contributed by atoms with Crippen molar-refractivity contribution < 1.29 is 22.6 Å². The maximum absolute atomic E-state index is 12.1. The van der Waals surface area contributed by atoms with Crippen LogP contribution in [0.4, 0.5) is 13.2 Å². The number of rotatable bonds is 3. The number of hydrogen-bond donors (Lipinski definition) is 0. The van der Waals surface area contributed by atoms with E-state index in [9.17, 15) is 13.2 Å². The van der Waals surface area contributed by atoms with Crippen LogP contribution >= 0.6 is 15.9 Å². The monoisotopic (exact) mass is 299 g/mol. The van der Waals surface area contributed by atoms with E-state index in [0.717, 1.165) is 6.20 Å². The fraction of sp³-hybridized carbons (Fsp3) is 0.444. The van der Waals surface area contributed by atoms with Crippen molar-refractivity contribution in [2.75, 3.05) is 7.11 Å². The van der Waals surface area contributed by atoms with Crippen molar-refractivity contribution in [1.82, 2.24) is 4.98 Å². The number of hydrogen-bond acceptors (Lipinski definition) is 3. The van der Waals surface area contributed by atoms with Gasteiger partial charge in [-0.05, 0) is 6.92 Å². The molecule has 3 nitrogen and oxygen atoms in total. The Kier molecular flexibility index (Phi) is 4.01. The van der Waals surface area contributed by atoms with E-state index in [4.69, 9.17) is 4.74 Å². The van der Waals surface area contributed by atoms with Gasteiger partial charge in [0.15, 0.2) is 11.5 Å². The first kappa shape index (κ1) is 13.1. The summed E-state index contributed by atoms with van der Waals surface area (Å²) in [5, 5.41) is 0.337. The third kappa shape index (κ3) is 3.01. The minimum absolute atomic E-state index is 0.0432. The Bertz CT molecular complexity index is 382. The minimum Gasteiger partial charge on any atom is -0.492 e. The summed E-state index contributed by atoms with van der Waals surface area (Å²) in [6.45, 7) is 1.68. The molecule has 0 saturated heterocycles. The van der Waals surface area contributed by atoms with Crippen molar-refractivity contribution >= 4 is 15.9 Å². The lowest BCUT2D eigenvalue weighted by Gasteiger charge is -2.15. The van der Waals surface area contributed by atoms with E-state index in [1.807, 2.05) is 0 Å². The second-order valence-electron chi connectivity index (χ2n) is 2.90. The molecular weight excluding hydrogens is 291 g/mol. The van der Waals surface area contributed by atoms with Crippen LogP contribution in [0.5, 0.6) is 11.5 Å². The first-order chi connectivity index (χ1) is 7.39. The Balaban J connectivity index is 3.19. The predicted molar refractivity (Wildman–Crippen MR) is 54.8 cm³/mol. The maximum atomic E-state index is 12.1. The van der Waals surface area contributed by atoms with E-state index >= 15 is 0 Å². The van der Waals surface area contributed by atoms with Crippen molar-refractivity contribution in [3.05, 3.63) is 17.5 Å². The second-order valence-corrected chi connectivity index (χ2v) is 3.46. The Morgan fingerprint density at radius 2 is 2.06 bits per heavy atom. The van der Waals surface area contributed by atoms with E-state index < -0.39 is 12.1 Å². The zero-order chi connectivity index (χ0) is 12.3. The van der Waals surface area contributed by atoms with Gasteiger partial charge in [-0.15, -0.1) is 13.2 Å².